The standard InChI is InChI=1S/C26H16NO2.C5H8O2.Ir/c1-16-9-11-17(12-10-16)24-15-18-13-14-22(27-26(18)29-24)21-7-4-6-20-19-5-2-3-8-23(19)28-25(20)21;1-4(6)3-5(2)7;/h2-6,8-15H,1H3;3,6H,1-2H3;/q-1;;/b;4-3-;. The van der Waals surface area contributed by atoms with Gasteiger partial charge in [-0.05, 0) is 38.6 Å². The summed E-state index contributed by atoms with van der Waals surface area (Å²) in [5.74, 6) is 0.753. The molecule has 1 radical (unpaired) electrons. The molecular formula is C31H24IrNO4-. The molecule has 3 aromatic carbocycles. The number of carbonyl (C=O) groups is 1. The minimum absolute atomic E-state index is 0. The number of ketones is 1. The van der Waals surface area contributed by atoms with Crippen molar-refractivity contribution in [1.82, 2.24) is 4.98 Å². The van der Waals surface area contributed by atoms with Crippen LogP contribution in [-0.4, -0.2) is 15.9 Å². The number of allylic oxidation sites excluding steroid dienone is 2. The predicted molar refractivity (Wildman–Crippen MR) is 143 cm³/mol. The van der Waals surface area contributed by atoms with Gasteiger partial charge in [0.25, 0.3) is 0 Å². The van der Waals surface area contributed by atoms with E-state index >= 15 is 0 Å². The zero-order valence-corrected chi connectivity index (χ0v) is 22.9. The summed E-state index contributed by atoms with van der Waals surface area (Å²) in [6, 6.07) is 29.7. The predicted octanol–water partition coefficient (Wildman–Crippen LogP) is 8.20. The number of benzene rings is 3. The number of aliphatic hydroxyl groups is 1. The van der Waals surface area contributed by atoms with Gasteiger partial charge >= 0.3 is 0 Å². The van der Waals surface area contributed by atoms with Crippen LogP contribution in [0.15, 0.2) is 99.5 Å². The molecule has 0 atom stereocenters. The van der Waals surface area contributed by atoms with E-state index in [1.54, 1.807) is 0 Å². The molecule has 0 spiro atoms. The molecule has 6 rings (SSSR count). The van der Waals surface area contributed by atoms with Gasteiger partial charge < -0.3 is 13.9 Å². The molecule has 0 bridgehead atoms. The van der Waals surface area contributed by atoms with Gasteiger partial charge in [-0.15, -0.1) is 18.2 Å². The minimum atomic E-state index is -0.125. The van der Waals surface area contributed by atoms with Crippen molar-refractivity contribution in [2.24, 2.45) is 0 Å². The van der Waals surface area contributed by atoms with Crippen molar-refractivity contribution in [3.05, 3.63) is 102 Å². The summed E-state index contributed by atoms with van der Waals surface area (Å²) in [6.07, 6.45) is 1.17. The molecule has 187 valence electrons. The van der Waals surface area contributed by atoms with Gasteiger partial charge in [-0.1, -0.05) is 71.1 Å². The smallest absolute Gasteiger partial charge is 0.217 e. The number of aliphatic hydroxyl groups excluding tert-OH is 1. The number of fused-ring (bicyclic) bond motifs is 4. The first-order valence-electron chi connectivity index (χ1n) is 11.6. The molecule has 0 aliphatic carbocycles. The van der Waals surface area contributed by atoms with Crippen molar-refractivity contribution < 1.29 is 38.8 Å². The van der Waals surface area contributed by atoms with Gasteiger partial charge in [0.15, 0.2) is 5.78 Å². The number of rotatable bonds is 3. The number of carbonyl (C=O) groups excluding carboxylic acids is 1. The van der Waals surface area contributed by atoms with Crippen molar-refractivity contribution in [3.63, 3.8) is 0 Å². The maximum Gasteiger partial charge on any atom is 0.217 e. The molecule has 37 heavy (non-hydrogen) atoms. The number of furan rings is 2. The SMILES string of the molecule is CC(=O)/C=C(/C)O.Cc1ccc(-c2cc3ccc(-c4[c-]ccc5c4oc4ccccc45)nc3o2)cc1.[Ir]. The Bertz CT molecular complexity index is 1740. The van der Waals surface area contributed by atoms with Crippen LogP contribution in [0.4, 0.5) is 0 Å². The van der Waals surface area contributed by atoms with E-state index in [2.05, 4.69) is 43.3 Å². The van der Waals surface area contributed by atoms with Crippen LogP contribution in [0.25, 0.3) is 55.6 Å². The van der Waals surface area contributed by atoms with E-state index in [0.29, 0.717) is 5.71 Å². The third kappa shape index (κ3) is 5.56. The molecule has 0 unspecified atom stereocenters. The Kier molecular flexibility index (Phi) is 7.72. The first kappa shape index (κ1) is 26.1. The summed E-state index contributed by atoms with van der Waals surface area (Å²) in [5.41, 5.74) is 6.16. The first-order chi connectivity index (χ1) is 17.4. The van der Waals surface area contributed by atoms with Crippen LogP contribution in [0.2, 0.25) is 0 Å². The molecule has 6 aromatic rings. The molecule has 0 saturated carbocycles. The van der Waals surface area contributed by atoms with Crippen molar-refractivity contribution in [3.8, 4) is 22.6 Å². The monoisotopic (exact) mass is 667 g/mol. The Morgan fingerprint density at radius 1 is 0.946 bits per heavy atom. The van der Waals surface area contributed by atoms with Crippen molar-refractivity contribution >= 4 is 38.8 Å². The van der Waals surface area contributed by atoms with Crippen molar-refractivity contribution in [1.29, 1.82) is 0 Å². The minimum Gasteiger partial charge on any atom is -0.512 e. The van der Waals surface area contributed by atoms with E-state index < -0.39 is 0 Å². The second kappa shape index (κ2) is 11.0. The van der Waals surface area contributed by atoms with E-state index in [4.69, 9.17) is 18.9 Å². The van der Waals surface area contributed by atoms with Crippen LogP contribution in [0.5, 0.6) is 0 Å². The molecule has 3 aromatic heterocycles. The number of hydrogen-bond donors (Lipinski definition) is 1. The fourth-order valence-corrected chi connectivity index (χ4v) is 4.09. The second-order valence-electron chi connectivity index (χ2n) is 8.66. The molecule has 0 amide bonds. The topological polar surface area (TPSA) is 76.5 Å². The average molecular weight is 667 g/mol. The van der Waals surface area contributed by atoms with Crippen LogP contribution in [-0.2, 0) is 24.9 Å². The van der Waals surface area contributed by atoms with E-state index in [-0.39, 0.29) is 31.6 Å². The van der Waals surface area contributed by atoms with Crippen LogP contribution in [0, 0.1) is 13.0 Å². The second-order valence-corrected chi connectivity index (χ2v) is 8.66. The van der Waals surface area contributed by atoms with Gasteiger partial charge in [-0.3, -0.25) is 9.78 Å². The van der Waals surface area contributed by atoms with Gasteiger partial charge in [0.1, 0.15) is 11.3 Å². The number of aryl methyl sites for hydroxylation is 1. The molecule has 0 saturated heterocycles. The maximum absolute atomic E-state index is 10.0. The van der Waals surface area contributed by atoms with Crippen LogP contribution >= 0.6 is 0 Å². The summed E-state index contributed by atoms with van der Waals surface area (Å²) in [5, 5.41) is 11.5. The van der Waals surface area contributed by atoms with Gasteiger partial charge in [0.2, 0.25) is 5.71 Å². The normalized spacial score (nSPS) is 11.3. The van der Waals surface area contributed by atoms with Gasteiger partial charge in [-0.2, -0.15) is 0 Å². The number of aromatic nitrogens is 1. The largest absolute Gasteiger partial charge is 0.512 e. The molecule has 1 N–H and O–H groups in total. The Balaban J connectivity index is 0.000000356. The summed E-state index contributed by atoms with van der Waals surface area (Å²) in [6.45, 7) is 4.92. The zero-order valence-electron chi connectivity index (χ0n) is 20.5. The summed E-state index contributed by atoms with van der Waals surface area (Å²) in [4.78, 5) is 14.8. The zero-order chi connectivity index (χ0) is 25.2. The Hall–Kier alpha value is -3.99. The van der Waals surface area contributed by atoms with E-state index in [9.17, 15) is 4.79 Å². The molecule has 6 heteroatoms. The van der Waals surface area contributed by atoms with E-state index in [1.807, 2.05) is 48.5 Å². The van der Waals surface area contributed by atoms with Crippen molar-refractivity contribution in [2.45, 2.75) is 20.8 Å². The molecule has 5 nitrogen and oxygen atoms in total. The fourth-order valence-electron chi connectivity index (χ4n) is 4.09. The summed E-state index contributed by atoms with van der Waals surface area (Å²) < 4.78 is 12.2. The van der Waals surface area contributed by atoms with Crippen LogP contribution in [0.3, 0.4) is 0 Å². The van der Waals surface area contributed by atoms with Crippen LogP contribution in [0.1, 0.15) is 19.4 Å². The summed E-state index contributed by atoms with van der Waals surface area (Å²) >= 11 is 0. The van der Waals surface area contributed by atoms with Gasteiger partial charge in [-0.25, -0.2) is 0 Å². The van der Waals surface area contributed by atoms with Gasteiger partial charge in [0.05, 0.1) is 11.3 Å². The van der Waals surface area contributed by atoms with E-state index in [0.717, 1.165) is 49.9 Å². The molecule has 0 aliphatic rings. The van der Waals surface area contributed by atoms with Crippen molar-refractivity contribution in [2.75, 3.05) is 0 Å². The molecular weight excluding hydrogens is 643 g/mol. The van der Waals surface area contributed by atoms with Gasteiger partial charge in [0, 0.05) is 42.5 Å². The molecule has 0 fully saturated rings. The Morgan fingerprint density at radius 3 is 2.41 bits per heavy atom. The van der Waals surface area contributed by atoms with E-state index in [1.165, 1.54) is 25.5 Å². The Labute approximate surface area is 227 Å². The third-order valence-electron chi connectivity index (χ3n) is 5.73. The first-order valence-corrected chi connectivity index (χ1v) is 11.6. The average Bonchev–Trinajstić information content (AvgIpc) is 3.45. The third-order valence-corrected chi connectivity index (χ3v) is 5.73. The molecule has 0 aliphatic heterocycles. The number of hydrogen-bond acceptors (Lipinski definition) is 5. The fraction of sp³-hybridized carbons (Fsp3) is 0.0968. The maximum atomic E-state index is 10.0. The van der Waals surface area contributed by atoms with Crippen LogP contribution < -0.4 is 0 Å². The number of para-hydroxylation sites is 1. The quantitative estimate of drug-likeness (QED) is 0.117. The number of pyridine rings is 1. The summed E-state index contributed by atoms with van der Waals surface area (Å²) in [7, 11) is 0. The number of nitrogens with zero attached hydrogens (tertiary/aromatic N) is 1. The Morgan fingerprint density at radius 2 is 1.70 bits per heavy atom. The molecule has 3 heterocycles.